The molecule has 0 amide bonds. The molecular weight excluding hydrogens is 434 g/mol. The number of benzene rings is 4. The first-order valence-corrected chi connectivity index (χ1v) is 12.4. The van der Waals surface area contributed by atoms with Crippen LogP contribution in [0.25, 0.3) is 21.9 Å². The molecule has 0 saturated carbocycles. The van der Waals surface area contributed by atoms with Crippen molar-refractivity contribution in [2.75, 3.05) is 33.4 Å². The van der Waals surface area contributed by atoms with Gasteiger partial charge in [-0.1, -0.05) is 55.0 Å². The summed E-state index contributed by atoms with van der Waals surface area (Å²) in [5.74, 6) is 1.56. The van der Waals surface area contributed by atoms with Crippen LogP contribution in [0.15, 0.2) is 84.9 Å². The number of nitrogens with zero attached hydrogens (tertiary/aromatic N) is 1. The lowest BCUT2D eigenvalue weighted by molar-refractivity contribution is 0.104. The quantitative estimate of drug-likeness (QED) is 0.275. The van der Waals surface area contributed by atoms with Crippen molar-refractivity contribution in [1.82, 2.24) is 4.90 Å². The van der Waals surface area contributed by atoms with E-state index in [-0.39, 0.29) is 5.78 Å². The number of methoxy groups -OCH3 is 1. The Morgan fingerprint density at radius 2 is 1.63 bits per heavy atom. The highest BCUT2D eigenvalue weighted by atomic mass is 16.5. The summed E-state index contributed by atoms with van der Waals surface area (Å²) in [6.07, 6.45) is 3.90. The molecule has 0 aromatic heterocycles. The van der Waals surface area contributed by atoms with Crippen LogP contribution < -0.4 is 9.47 Å². The molecule has 178 valence electrons. The van der Waals surface area contributed by atoms with Gasteiger partial charge in [0.2, 0.25) is 0 Å². The topological polar surface area (TPSA) is 38.8 Å². The first-order chi connectivity index (χ1) is 17.2. The van der Waals surface area contributed by atoms with Crippen molar-refractivity contribution in [3.8, 4) is 22.6 Å². The standard InChI is InChI=1S/C31H31NO3/c1-34-27-10-7-9-25(22-27)29-17-14-23-8-3-4-11-28(23)30(29)31(33)24-12-15-26(16-13-24)35-21-20-32-18-5-2-6-19-32/h3-4,7-17,22H,2,5-6,18-21H2,1H3. The van der Waals surface area contributed by atoms with Crippen molar-refractivity contribution < 1.29 is 14.3 Å². The molecule has 5 rings (SSSR count). The van der Waals surface area contributed by atoms with E-state index in [1.807, 2.05) is 78.9 Å². The van der Waals surface area contributed by atoms with Crippen LogP contribution in [-0.4, -0.2) is 44.0 Å². The van der Waals surface area contributed by atoms with Crippen LogP contribution in [0.2, 0.25) is 0 Å². The van der Waals surface area contributed by atoms with Crippen LogP contribution in [0.4, 0.5) is 0 Å². The molecule has 0 aliphatic carbocycles. The summed E-state index contributed by atoms with van der Waals surface area (Å²) in [5, 5.41) is 1.99. The van der Waals surface area contributed by atoms with Crippen molar-refractivity contribution in [2.24, 2.45) is 0 Å². The Kier molecular flexibility index (Phi) is 7.10. The molecule has 4 heteroatoms. The zero-order valence-corrected chi connectivity index (χ0v) is 20.2. The smallest absolute Gasteiger partial charge is 0.194 e. The molecule has 4 nitrogen and oxygen atoms in total. The highest BCUT2D eigenvalue weighted by Crippen LogP contribution is 2.34. The van der Waals surface area contributed by atoms with Gasteiger partial charge in [-0.2, -0.15) is 0 Å². The van der Waals surface area contributed by atoms with Crippen LogP contribution in [0.5, 0.6) is 11.5 Å². The van der Waals surface area contributed by atoms with Crippen LogP contribution in [-0.2, 0) is 0 Å². The third kappa shape index (κ3) is 5.23. The third-order valence-electron chi connectivity index (χ3n) is 6.78. The van der Waals surface area contributed by atoms with E-state index in [1.54, 1.807) is 7.11 Å². The van der Waals surface area contributed by atoms with Crippen LogP contribution in [0.3, 0.4) is 0 Å². The lowest BCUT2D eigenvalue weighted by atomic mass is 9.89. The van der Waals surface area contributed by atoms with Gasteiger partial charge in [-0.15, -0.1) is 0 Å². The van der Waals surface area contributed by atoms with Gasteiger partial charge in [0.05, 0.1) is 7.11 Å². The molecule has 4 aromatic rings. The van der Waals surface area contributed by atoms with Gasteiger partial charge >= 0.3 is 0 Å². The summed E-state index contributed by atoms with van der Waals surface area (Å²) < 4.78 is 11.4. The van der Waals surface area contributed by atoms with Crippen molar-refractivity contribution in [2.45, 2.75) is 19.3 Å². The van der Waals surface area contributed by atoms with Crippen LogP contribution in [0, 0.1) is 0 Å². The number of hydrogen-bond acceptors (Lipinski definition) is 4. The average molecular weight is 466 g/mol. The fourth-order valence-corrected chi connectivity index (χ4v) is 4.87. The number of carbonyl (C=O) groups is 1. The number of ketones is 1. The molecule has 0 radical (unpaired) electrons. The van der Waals surface area contributed by atoms with Gasteiger partial charge in [-0.05, 0) is 84.2 Å². The molecule has 35 heavy (non-hydrogen) atoms. The van der Waals surface area contributed by atoms with E-state index in [0.29, 0.717) is 17.7 Å². The Labute approximate surface area is 207 Å². The Balaban J connectivity index is 1.41. The third-order valence-corrected chi connectivity index (χ3v) is 6.78. The maximum absolute atomic E-state index is 13.9. The Morgan fingerprint density at radius 3 is 2.43 bits per heavy atom. The SMILES string of the molecule is COc1cccc(-c2ccc3ccccc3c2C(=O)c2ccc(OCCN3CCCCC3)cc2)c1. The number of piperidine rings is 1. The lowest BCUT2D eigenvalue weighted by Gasteiger charge is -2.26. The molecule has 1 fully saturated rings. The number of carbonyl (C=O) groups excluding carboxylic acids is 1. The Morgan fingerprint density at radius 1 is 0.829 bits per heavy atom. The summed E-state index contributed by atoms with van der Waals surface area (Å²) in [4.78, 5) is 16.3. The molecule has 0 bridgehead atoms. The van der Waals surface area contributed by atoms with E-state index in [1.165, 1.54) is 19.3 Å². The van der Waals surface area contributed by atoms with Gasteiger partial charge in [-0.25, -0.2) is 0 Å². The predicted molar refractivity (Wildman–Crippen MR) is 142 cm³/mol. The first-order valence-electron chi connectivity index (χ1n) is 12.4. The Bertz CT molecular complexity index is 1310. The monoisotopic (exact) mass is 465 g/mol. The zero-order chi connectivity index (χ0) is 24.0. The summed E-state index contributed by atoms with van der Waals surface area (Å²) in [6, 6.07) is 27.5. The van der Waals surface area contributed by atoms with Crippen LogP contribution >= 0.6 is 0 Å². The molecule has 1 heterocycles. The molecule has 4 aromatic carbocycles. The van der Waals surface area contributed by atoms with Gasteiger partial charge in [0.1, 0.15) is 18.1 Å². The molecule has 0 spiro atoms. The molecule has 0 atom stereocenters. The molecule has 0 N–H and O–H groups in total. The number of fused-ring (bicyclic) bond motifs is 1. The predicted octanol–water partition coefficient (Wildman–Crippen LogP) is 6.61. The fourth-order valence-electron chi connectivity index (χ4n) is 4.87. The van der Waals surface area contributed by atoms with E-state index in [4.69, 9.17) is 9.47 Å². The van der Waals surface area contributed by atoms with E-state index >= 15 is 0 Å². The minimum absolute atomic E-state index is 0.000475. The summed E-state index contributed by atoms with van der Waals surface area (Å²) in [6.45, 7) is 3.94. The normalized spacial score (nSPS) is 14.1. The fraction of sp³-hybridized carbons (Fsp3) is 0.258. The lowest BCUT2D eigenvalue weighted by Crippen LogP contribution is -2.33. The van der Waals surface area contributed by atoms with Gasteiger partial charge in [0.25, 0.3) is 0 Å². The van der Waals surface area contributed by atoms with E-state index in [9.17, 15) is 4.79 Å². The molecule has 1 aliphatic heterocycles. The molecular formula is C31H31NO3. The Hall–Kier alpha value is -3.63. The second-order valence-corrected chi connectivity index (χ2v) is 9.05. The van der Waals surface area contributed by atoms with Crippen molar-refractivity contribution in [3.63, 3.8) is 0 Å². The highest BCUT2D eigenvalue weighted by molar-refractivity contribution is 6.20. The van der Waals surface area contributed by atoms with E-state index < -0.39 is 0 Å². The number of rotatable bonds is 8. The van der Waals surface area contributed by atoms with Crippen molar-refractivity contribution >= 4 is 16.6 Å². The second kappa shape index (κ2) is 10.7. The second-order valence-electron chi connectivity index (χ2n) is 9.05. The minimum atomic E-state index is -0.000475. The summed E-state index contributed by atoms with van der Waals surface area (Å²) in [7, 11) is 1.65. The number of ether oxygens (including phenoxy) is 2. The van der Waals surface area contributed by atoms with Gasteiger partial charge in [-0.3, -0.25) is 9.69 Å². The summed E-state index contributed by atoms with van der Waals surface area (Å²) in [5.41, 5.74) is 3.20. The highest BCUT2D eigenvalue weighted by Gasteiger charge is 2.19. The molecule has 0 unspecified atom stereocenters. The maximum atomic E-state index is 13.9. The van der Waals surface area contributed by atoms with Gasteiger partial charge in [0.15, 0.2) is 5.78 Å². The molecule has 1 aliphatic rings. The van der Waals surface area contributed by atoms with Crippen molar-refractivity contribution in [1.29, 1.82) is 0 Å². The van der Waals surface area contributed by atoms with E-state index in [2.05, 4.69) is 11.0 Å². The average Bonchev–Trinajstić information content (AvgIpc) is 2.93. The number of likely N-dealkylation sites (tertiary alicyclic amines) is 1. The molecule has 1 saturated heterocycles. The van der Waals surface area contributed by atoms with Gasteiger partial charge in [0, 0.05) is 17.7 Å². The van der Waals surface area contributed by atoms with E-state index in [0.717, 1.165) is 53.0 Å². The number of hydrogen-bond donors (Lipinski definition) is 0. The summed E-state index contributed by atoms with van der Waals surface area (Å²) >= 11 is 0. The van der Waals surface area contributed by atoms with Crippen molar-refractivity contribution in [3.05, 3.63) is 96.1 Å². The largest absolute Gasteiger partial charge is 0.497 e. The maximum Gasteiger partial charge on any atom is 0.194 e. The van der Waals surface area contributed by atoms with Crippen LogP contribution in [0.1, 0.15) is 35.2 Å². The minimum Gasteiger partial charge on any atom is -0.497 e. The zero-order valence-electron chi connectivity index (χ0n) is 20.2. The van der Waals surface area contributed by atoms with Gasteiger partial charge < -0.3 is 9.47 Å². The first kappa shape index (κ1) is 23.1.